The van der Waals surface area contributed by atoms with Gasteiger partial charge in [-0.25, -0.2) is 13.2 Å². The first-order valence-corrected chi connectivity index (χ1v) is 17.0. The van der Waals surface area contributed by atoms with Crippen molar-refractivity contribution in [1.82, 2.24) is 0 Å². The van der Waals surface area contributed by atoms with Crippen molar-refractivity contribution < 1.29 is 56.2 Å². The molecule has 2 aliphatic heterocycles. The molecular formula is C36H34O12S. The number of carbonyl (C=O) groups is 1. The second-order valence-electron chi connectivity index (χ2n) is 11.1. The van der Waals surface area contributed by atoms with E-state index in [9.17, 15) is 18.3 Å². The van der Waals surface area contributed by atoms with Gasteiger partial charge in [0.1, 0.15) is 24.7 Å². The van der Waals surface area contributed by atoms with E-state index in [4.69, 9.17) is 37.9 Å². The first-order chi connectivity index (χ1) is 23.5. The minimum Gasteiger partial charge on any atom is -0.493 e. The molecule has 0 bridgehead atoms. The summed E-state index contributed by atoms with van der Waals surface area (Å²) < 4.78 is 68.1. The topological polar surface area (TPSA) is 145 Å². The molecule has 6 rings (SSSR count). The lowest BCUT2D eigenvalue weighted by atomic mass is 9.88. The number of fused-ring (bicyclic) bond motifs is 1. The van der Waals surface area contributed by atoms with Crippen molar-refractivity contribution in [2.45, 2.75) is 17.1 Å². The van der Waals surface area contributed by atoms with Gasteiger partial charge in [0.25, 0.3) is 5.79 Å². The molecule has 2 aliphatic rings. The third-order valence-electron chi connectivity index (χ3n) is 8.04. The monoisotopic (exact) mass is 690 g/mol. The lowest BCUT2D eigenvalue weighted by Gasteiger charge is -2.26. The Kier molecular flexibility index (Phi) is 9.30. The van der Waals surface area contributed by atoms with E-state index in [-0.39, 0.29) is 42.5 Å². The summed E-state index contributed by atoms with van der Waals surface area (Å²) in [6.07, 6.45) is 1.21. The summed E-state index contributed by atoms with van der Waals surface area (Å²) in [7, 11) is 1.22. The van der Waals surface area contributed by atoms with Gasteiger partial charge in [0.15, 0.2) is 32.8 Å². The Labute approximate surface area is 283 Å². The highest BCUT2D eigenvalue weighted by Crippen LogP contribution is 2.48. The van der Waals surface area contributed by atoms with Crippen molar-refractivity contribution in [3.63, 3.8) is 0 Å². The summed E-state index contributed by atoms with van der Waals surface area (Å²) in [4.78, 5) is 13.8. The van der Waals surface area contributed by atoms with Gasteiger partial charge in [-0.2, -0.15) is 0 Å². The van der Waals surface area contributed by atoms with Crippen molar-refractivity contribution in [1.29, 1.82) is 0 Å². The average Bonchev–Trinajstić information content (AvgIpc) is 3.67. The SMILES string of the molecule is COc1cc(CC2=C(c3ccc4c(c3)OCO4)C(=O)OC2(O)c2ccc(OCCOc3ccc(S(C)(=O)=O)cc3)cc2)cc(OC)c1OC. The highest BCUT2D eigenvalue weighted by Gasteiger charge is 2.48. The van der Waals surface area contributed by atoms with Gasteiger partial charge in [0.05, 0.1) is 31.8 Å². The standard InChI is InChI=1S/C36H34O12S/c1-41-31-18-22(19-32(42-2)34(31)43-3)17-28-33(23-5-14-29-30(20-23)47-21-46-29)35(37)48-36(28,38)24-6-8-25(9-7-24)44-15-16-45-26-10-12-27(13-11-26)49(4,39)40/h5-14,18-20,38H,15-17,21H2,1-4H3. The van der Waals surface area contributed by atoms with Crippen LogP contribution in [0.1, 0.15) is 16.7 Å². The maximum Gasteiger partial charge on any atom is 0.342 e. The molecular weight excluding hydrogens is 656 g/mol. The molecule has 12 nitrogen and oxygen atoms in total. The van der Waals surface area contributed by atoms with Crippen LogP contribution >= 0.6 is 0 Å². The van der Waals surface area contributed by atoms with Gasteiger partial charge in [-0.1, -0.05) is 6.07 Å². The summed E-state index contributed by atoms with van der Waals surface area (Å²) in [6, 6.07) is 21.2. The van der Waals surface area contributed by atoms with Gasteiger partial charge < -0.3 is 43.0 Å². The molecule has 1 unspecified atom stereocenters. The first-order valence-electron chi connectivity index (χ1n) is 15.1. The molecule has 1 N–H and O–H groups in total. The Balaban J connectivity index is 1.27. The molecule has 49 heavy (non-hydrogen) atoms. The maximum atomic E-state index is 13.6. The van der Waals surface area contributed by atoms with Gasteiger partial charge in [-0.3, -0.25) is 0 Å². The van der Waals surface area contributed by atoms with Crippen molar-refractivity contribution in [2.75, 3.05) is 47.6 Å². The van der Waals surface area contributed by atoms with Gasteiger partial charge in [0.2, 0.25) is 12.5 Å². The Morgan fingerprint density at radius 2 is 1.37 bits per heavy atom. The summed E-state index contributed by atoms with van der Waals surface area (Å²) in [5, 5.41) is 12.2. The zero-order valence-electron chi connectivity index (χ0n) is 27.2. The fourth-order valence-corrected chi connectivity index (χ4v) is 6.28. The van der Waals surface area contributed by atoms with Crippen LogP contribution in [0.3, 0.4) is 0 Å². The quantitative estimate of drug-likeness (QED) is 0.153. The van der Waals surface area contributed by atoms with Crippen LogP contribution in [-0.2, 0) is 31.6 Å². The lowest BCUT2D eigenvalue weighted by molar-refractivity contribution is -0.185. The number of sulfone groups is 1. The summed E-state index contributed by atoms with van der Waals surface area (Å²) >= 11 is 0. The number of esters is 1. The summed E-state index contributed by atoms with van der Waals surface area (Å²) in [6.45, 7) is 0.443. The summed E-state index contributed by atoms with van der Waals surface area (Å²) in [5.41, 5.74) is 1.91. The third kappa shape index (κ3) is 6.80. The van der Waals surface area contributed by atoms with Gasteiger partial charge in [-0.05, 0) is 83.9 Å². The second kappa shape index (κ2) is 13.6. The van der Waals surface area contributed by atoms with E-state index in [0.717, 1.165) is 6.26 Å². The maximum absolute atomic E-state index is 13.6. The minimum absolute atomic E-state index is 0.0591. The number of cyclic esters (lactones) is 1. The van der Waals surface area contributed by atoms with Gasteiger partial charge >= 0.3 is 5.97 Å². The van der Waals surface area contributed by atoms with Crippen LogP contribution in [0.4, 0.5) is 0 Å². The molecule has 0 radical (unpaired) electrons. The Hall–Kier alpha value is -5.40. The molecule has 0 aliphatic carbocycles. The Morgan fingerprint density at radius 3 is 1.94 bits per heavy atom. The number of aliphatic hydroxyl groups is 1. The van der Waals surface area contributed by atoms with Crippen LogP contribution < -0.4 is 33.2 Å². The fourth-order valence-electron chi connectivity index (χ4n) is 5.65. The van der Waals surface area contributed by atoms with Crippen LogP contribution in [0, 0.1) is 0 Å². The van der Waals surface area contributed by atoms with Crippen molar-refractivity contribution >= 4 is 21.4 Å². The molecule has 2 heterocycles. The molecule has 0 saturated carbocycles. The van der Waals surface area contributed by atoms with Gasteiger partial charge in [-0.15, -0.1) is 0 Å². The number of methoxy groups -OCH3 is 3. The number of hydrogen-bond acceptors (Lipinski definition) is 12. The van der Waals surface area contributed by atoms with E-state index in [1.165, 1.54) is 33.5 Å². The van der Waals surface area contributed by atoms with Gasteiger partial charge in [0, 0.05) is 23.8 Å². The highest BCUT2D eigenvalue weighted by atomic mass is 32.2. The minimum atomic E-state index is -3.30. The number of ether oxygens (including phenoxy) is 8. The van der Waals surface area contributed by atoms with Crippen molar-refractivity contribution in [3.05, 3.63) is 101 Å². The molecule has 13 heteroatoms. The second-order valence-corrected chi connectivity index (χ2v) is 13.1. The van der Waals surface area contributed by atoms with E-state index in [0.29, 0.717) is 56.9 Å². The molecule has 0 fully saturated rings. The Morgan fingerprint density at radius 1 is 0.776 bits per heavy atom. The Bertz CT molecular complexity index is 1980. The molecule has 4 aromatic rings. The average molecular weight is 691 g/mol. The number of rotatable bonds is 13. The predicted octanol–water partition coefficient (Wildman–Crippen LogP) is 4.70. The van der Waals surface area contributed by atoms with E-state index in [2.05, 4.69) is 0 Å². The first kappa shape index (κ1) is 33.5. The molecule has 0 amide bonds. The van der Waals surface area contributed by atoms with E-state index >= 15 is 0 Å². The highest BCUT2D eigenvalue weighted by molar-refractivity contribution is 7.90. The largest absolute Gasteiger partial charge is 0.493 e. The predicted molar refractivity (Wildman–Crippen MR) is 176 cm³/mol. The zero-order chi connectivity index (χ0) is 34.8. The molecule has 0 saturated heterocycles. The number of carbonyl (C=O) groups excluding carboxylic acids is 1. The molecule has 0 aromatic heterocycles. The fraction of sp³-hybridized carbons (Fsp3) is 0.250. The van der Waals surface area contributed by atoms with Crippen LogP contribution in [-0.4, -0.2) is 67.1 Å². The summed E-state index contributed by atoms with van der Waals surface area (Å²) in [5.74, 6) is 0.368. The van der Waals surface area contributed by atoms with E-state index < -0.39 is 21.6 Å². The van der Waals surface area contributed by atoms with Crippen LogP contribution in [0.15, 0.2) is 89.3 Å². The third-order valence-corrected chi connectivity index (χ3v) is 9.17. The lowest BCUT2D eigenvalue weighted by Crippen LogP contribution is -2.29. The molecule has 1 atom stereocenters. The molecule has 0 spiro atoms. The molecule has 256 valence electrons. The number of benzene rings is 4. The van der Waals surface area contributed by atoms with E-state index in [1.807, 2.05) is 0 Å². The van der Waals surface area contributed by atoms with Crippen LogP contribution in [0.5, 0.6) is 40.2 Å². The normalized spacial score (nSPS) is 16.7. The van der Waals surface area contributed by atoms with E-state index in [1.54, 1.807) is 66.7 Å². The molecule has 4 aromatic carbocycles. The number of hydrogen-bond donors (Lipinski definition) is 1. The zero-order valence-corrected chi connectivity index (χ0v) is 28.0. The van der Waals surface area contributed by atoms with Crippen LogP contribution in [0.2, 0.25) is 0 Å². The van der Waals surface area contributed by atoms with Crippen molar-refractivity contribution in [2.24, 2.45) is 0 Å². The van der Waals surface area contributed by atoms with Crippen molar-refractivity contribution in [3.8, 4) is 40.2 Å². The van der Waals surface area contributed by atoms with Crippen LogP contribution in [0.25, 0.3) is 5.57 Å². The smallest absolute Gasteiger partial charge is 0.342 e.